The molecule has 0 saturated carbocycles. The highest BCUT2D eigenvalue weighted by molar-refractivity contribution is 5.99. The van der Waals surface area contributed by atoms with Gasteiger partial charge in [0.2, 0.25) is 0 Å². The third-order valence-electron chi connectivity index (χ3n) is 5.43. The number of amides is 2. The number of Topliss-reactive ketones (excluding diaryl/α,β-unsaturated/α-hetero) is 1. The molecule has 4 rings (SSSR count). The molecule has 0 aliphatic carbocycles. The Hall–Kier alpha value is -4.39. The second kappa shape index (κ2) is 10.5. The molecule has 12 nitrogen and oxygen atoms in total. The van der Waals surface area contributed by atoms with E-state index in [0.717, 1.165) is 16.8 Å². The summed E-state index contributed by atoms with van der Waals surface area (Å²) in [5, 5.41) is 18.4. The molecular weight excluding hydrogens is 501 g/mol. The number of halogens is 1. The molecule has 0 spiro atoms. The van der Waals surface area contributed by atoms with Gasteiger partial charge in [-0.3, -0.25) is 14.4 Å². The van der Waals surface area contributed by atoms with Crippen LogP contribution in [0.5, 0.6) is 5.75 Å². The summed E-state index contributed by atoms with van der Waals surface area (Å²) in [4.78, 5) is 53.9. The van der Waals surface area contributed by atoms with Crippen molar-refractivity contribution in [2.75, 3.05) is 13.2 Å². The van der Waals surface area contributed by atoms with Crippen LogP contribution in [0.2, 0.25) is 0 Å². The Labute approximate surface area is 216 Å². The highest BCUT2D eigenvalue weighted by Crippen LogP contribution is 2.24. The molecule has 1 aliphatic rings. The average Bonchev–Trinajstić information content (AvgIpc) is 3.24. The summed E-state index contributed by atoms with van der Waals surface area (Å²) in [7, 11) is 0. The first-order valence-electron chi connectivity index (χ1n) is 11.7. The van der Waals surface area contributed by atoms with Crippen molar-refractivity contribution in [3.63, 3.8) is 0 Å². The van der Waals surface area contributed by atoms with Gasteiger partial charge in [-0.25, -0.2) is 18.7 Å². The minimum absolute atomic E-state index is 0.0229. The fourth-order valence-corrected chi connectivity index (χ4v) is 3.71. The van der Waals surface area contributed by atoms with Crippen LogP contribution < -0.4 is 15.4 Å². The minimum Gasteiger partial charge on any atom is -0.486 e. The van der Waals surface area contributed by atoms with Gasteiger partial charge in [-0.2, -0.15) is 5.10 Å². The minimum atomic E-state index is -1.41. The molecule has 0 radical (unpaired) electrons. The first kappa shape index (κ1) is 26.7. The fourth-order valence-electron chi connectivity index (χ4n) is 3.71. The molecule has 2 aromatic heterocycles. The molecule has 3 N–H and O–H groups in total. The highest BCUT2D eigenvalue weighted by Gasteiger charge is 2.28. The molecule has 0 fully saturated rings. The molecule has 1 atom stereocenters. The Kier molecular flexibility index (Phi) is 7.39. The van der Waals surface area contributed by atoms with Crippen molar-refractivity contribution in [3.8, 4) is 5.75 Å². The summed E-state index contributed by atoms with van der Waals surface area (Å²) in [5.74, 6) is -2.83. The van der Waals surface area contributed by atoms with E-state index in [1.54, 1.807) is 39.0 Å². The summed E-state index contributed by atoms with van der Waals surface area (Å²) in [6, 6.07) is 4.85. The quantitative estimate of drug-likeness (QED) is 0.376. The van der Waals surface area contributed by atoms with E-state index < -0.39 is 41.9 Å². The van der Waals surface area contributed by atoms with E-state index in [9.17, 15) is 28.7 Å². The van der Waals surface area contributed by atoms with Gasteiger partial charge in [0.1, 0.15) is 29.3 Å². The van der Waals surface area contributed by atoms with Gasteiger partial charge in [0, 0.05) is 24.6 Å². The van der Waals surface area contributed by atoms with Crippen LogP contribution in [0.4, 0.5) is 4.39 Å². The number of rotatable bonds is 7. The number of esters is 1. The maximum Gasteiger partial charge on any atom is 0.331 e. The second-order valence-electron chi connectivity index (χ2n) is 9.63. The Morgan fingerprint density at radius 2 is 2.00 bits per heavy atom. The van der Waals surface area contributed by atoms with E-state index in [1.807, 2.05) is 0 Å². The maximum atomic E-state index is 14.4. The molecule has 1 aromatic carbocycles. The van der Waals surface area contributed by atoms with Crippen LogP contribution in [-0.4, -0.2) is 68.1 Å². The maximum absolute atomic E-state index is 14.4. The van der Waals surface area contributed by atoms with Crippen LogP contribution in [0.25, 0.3) is 5.65 Å². The number of carbonyl (C=O) groups is 4. The van der Waals surface area contributed by atoms with Crippen molar-refractivity contribution in [3.05, 3.63) is 58.8 Å². The largest absolute Gasteiger partial charge is 0.486 e. The van der Waals surface area contributed by atoms with Crippen molar-refractivity contribution < 1.29 is 38.1 Å². The van der Waals surface area contributed by atoms with Crippen molar-refractivity contribution in [1.29, 1.82) is 0 Å². The summed E-state index contributed by atoms with van der Waals surface area (Å²) in [5.41, 5.74) is -0.433. The number of ketones is 1. The SMILES string of the molecule is CC(C)(C)OC(=O)[C@H](CO)NC(=O)c1cc(C(=O)NCc2ccc3c(c2)CC(=O)CO3)nc2c(F)cnn12. The van der Waals surface area contributed by atoms with Crippen molar-refractivity contribution in [2.24, 2.45) is 0 Å². The van der Waals surface area contributed by atoms with Crippen LogP contribution in [-0.2, 0) is 27.3 Å². The monoisotopic (exact) mass is 527 g/mol. The van der Waals surface area contributed by atoms with E-state index in [1.165, 1.54) is 0 Å². The Balaban J connectivity index is 1.54. The number of nitrogens with zero attached hydrogens (tertiary/aromatic N) is 3. The molecular formula is C25H26FN5O7. The predicted octanol–water partition coefficient (Wildman–Crippen LogP) is 0.735. The number of hydrogen-bond donors (Lipinski definition) is 3. The highest BCUT2D eigenvalue weighted by atomic mass is 19.1. The lowest BCUT2D eigenvalue weighted by Crippen LogP contribution is -2.47. The van der Waals surface area contributed by atoms with Crippen LogP contribution >= 0.6 is 0 Å². The van der Waals surface area contributed by atoms with Gasteiger partial charge in [0.25, 0.3) is 11.8 Å². The second-order valence-corrected chi connectivity index (χ2v) is 9.63. The summed E-state index contributed by atoms with van der Waals surface area (Å²) < 4.78 is 25.8. The fraction of sp³-hybridized carbons (Fsp3) is 0.360. The third kappa shape index (κ3) is 5.94. The number of aliphatic hydroxyl groups excluding tert-OH is 1. The van der Waals surface area contributed by atoms with E-state index in [2.05, 4.69) is 20.7 Å². The number of fused-ring (bicyclic) bond motifs is 2. The molecule has 3 aromatic rings. The Morgan fingerprint density at radius 1 is 1.24 bits per heavy atom. The number of benzene rings is 1. The normalized spacial score (nSPS) is 13.9. The number of aromatic nitrogens is 3. The van der Waals surface area contributed by atoms with Gasteiger partial charge < -0.3 is 25.2 Å². The van der Waals surface area contributed by atoms with Gasteiger partial charge in [-0.05, 0) is 38.5 Å². The lowest BCUT2D eigenvalue weighted by Gasteiger charge is -2.23. The van der Waals surface area contributed by atoms with E-state index >= 15 is 0 Å². The molecule has 0 saturated heterocycles. The zero-order valence-corrected chi connectivity index (χ0v) is 20.9. The number of ether oxygens (including phenoxy) is 2. The number of carbonyl (C=O) groups excluding carboxylic acids is 4. The number of hydrogen-bond acceptors (Lipinski definition) is 9. The number of aliphatic hydroxyl groups is 1. The zero-order valence-electron chi connectivity index (χ0n) is 20.9. The van der Waals surface area contributed by atoms with Gasteiger partial charge in [0.05, 0.1) is 12.8 Å². The van der Waals surface area contributed by atoms with Crippen molar-refractivity contribution in [2.45, 2.75) is 45.4 Å². The summed E-state index contributed by atoms with van der Waals surface area (Å²) in [6.07, 6.45) is 1.06. The third-order valence-corrected chi connectivity index (χ3v) is 5.43. The van der Waals surface area contributed by atoms with Crippen LogP contribution in [0.1, 0.15) is 52.9 Å². The van der Waals surface area contributed by atoms with Crippen molar-refractivity contribution >= 4 is 29.2 Å². The molecule has 0 bridgehead atoms. The zero-order chi connectivity index (χ0) is 27.6. The molecule has 38 heavy (non-hydrogen) atoms. The van der Waals surface area contributed by atoms with E-state index in [-0.39, 0.29) is 42.4 Å². The van der Waals surface area contributed by atoms with Crippen molar-refractivity contribution in [1.82, 2.24) is 25.2 Å². The van der Waals surface area contributed by atoms with Gasteiger partial charge in [-0.1, -0.05) is 6.07 Å². The summed E-state index contributed by atoms with van der Waals surface area (Å²) in [6.45, 7) is 4.21. The summed E-state index contributed by atoms with van der Waals surface area (Å²) >= 11 is 0. The van der Waals surface area contributed by atoms with E-state index in [0.29, 0.717) is 16.9 Å². The van der Waals surface area contributed by atoms with Gasteiger partial charge in [0.15, 0.2) is 23.3 Å². The molecule has 200 valence electrons. The first-order chi connectivity index (χ1) is 17.9. The molecule has 13 heteroatoms. The molecule has 0 unspecified atom stereocenters. The van der Waals surface area contributed by atoms with Gasteiger partial charge >= 0.3 is 5.97 Å². The predicted molar refractivity (Wildman–Crippen MR) is 129 cm³/mol. The Bertz CT molecular complexity index is 1430. The van der Waals surface area contributed by atoms with E-state index in [4.69, 9.17) is 9.47 Å². The topological polar surface area (TPSA) is 161 Å². The van der Waals surface area contributed by atoms with Crippen LogP contribution in [0.3, 0.4) is 0 Å². The van der Waals surface area contributed by atoms with Gasteiger partial charge in [-0.15, -0.1) is 0 Å². The smallest absolute Gasteiger partial charge is 0.331 e. The lowest BCUT2D eigenvalue weighted by molar-refractivity contribution is -0.158. The number of nitrogens with one attached hydrogen (secondary N) is 2. The first-order valence-corrected chi connectivity index (χ1v) is 11.7. The average molecular weight is 528 g/mol. The lowest BCUT2D eigenvalue weighted by atomic mass is 10.0. The molecule has 3 heterocycles. The van der Waals surface area contributed by atoms with Crippen LogP contribution in [0.15, 0.2) is 30.5 Å². The van der Waals surface area contributed by atoms with Crippen LogP contribution in [0, 0.1) is 5.82 Å². The molecule has 1 aliphatic heterocycles. The standard InChI is InChI=1S/C25H26FN5O7/c1-25(2,3)38-24(36)18(11-32)30-23(35)19-8-17(29-21-16(26)10-28-31(19)21)22(34)27-9-13-4-5-20-14(6-13)7-15(33)12-37-20/h4-6,8,10,18,32H,7,9,11-12H2,1-3H3,(H,27,34)(H,30,35)/t18-/m0/s1. The molecule has 2 amide bonds. The Morgan fingerprint density at radius 3 is 2.71 bits per heavy atom.